The maximum absolute atomic E-state index is 12.3. The van der Waals surface area contributed by atoms with Crippen molar-refractivity contribution < 1.29 is 12.9 Å². The first-order valence-electron chi connectivity index (χ1n) is 7.35. The Morgan fingerprint density at radius 1 is 1.36 bits per heavy atom. The van der Waals surface area contributed by atoms with Gasteiger partial charge in [0.1, 0.15) is 16.4 Å². The zero-order valence-electron chi connectivity index (χ0n) is 13.0. The van der Waals surface area contributed by atoms with Gasteiger partial charge in [-0.25, -0.2) is 18.1 Å². The Balaban J connectivity index is 1.68. The number of rotatable bonds is 6. The summed E-state index contributed by atoms with van der Waals surface area (Å²) in [6.07, 6.45) is 4.76. The molecule has 1 aliphatic carbocycles. The van der Waals surface area contributed by atoms with Crippen molar-refractivity contribution in [2.45, 2.75) is 51.0 Å². The van der Waals surface area contributed by atoms with Crippen molar-refractivity contribution in [3.63, 3.8) is 0 Å². The third-order valence-corrected chi connectivity index (χ3v) is 5.55. The largest absolute Gasteiger partial charge is 0.360 e. The number of aryl methyl sites for hydroxylation is 3. The van der Waals surface area contributed by atoms with E-state index < -0.39 is 10.0 Å². The second-order valence-corrected chi connectivity index (χ2v) is 7.42. The quantitative estimate of drug-likeness (QED) is 0.872. The number of nitrogens with one attached hydrogen (secondary N) is 1. The van der Waals surface area contributed by atoms with Crippen LogP contribution in [0.3, 0.4) is 0 Å². The molecule has 8 heteroatoms. The molecule has 0 aliphatic heterocycles. The van der Waals surface area contributed by atoms with E-state index in [2.05, 4.69) is 19.4 Å². The van der Waals surface area contributed by atoms with Crippen LogP contribution in [0.1, 0.15) is 41.9 Å². The molecule has 0 radical (unpaired) electrons. The van der Waals surface area contributed by atoms with Crippen LogP contribution < -0.4 is 4.72 Å². The van der Waals surface area contributed by atoms with Gasteiger partial charge in [-0.15, -0.1) is 0 Å². The molecule has 0 spiro atoms. The minimum Gasteiger partial charge on any atom is -0.360 e. The van der Waals surface area contributed by atoms with E-state index in [1.165, 1.54) is 12.8 Å². The predicted octanol–water partition coefficient (Wildman–Crippen LogP) is 1.65. The van der Waals surface area contributed by atoms with Gasteiger partial charge in [0.05, 0.1) is 0 Å². The summed E-state index contributed by atoms with van der Waals surface area (Å²) in [7, 11) is -3.60. The van der Waals surface area contributed by atoms with Crippen LogP contribution in [0.2, 0.25) is 0 Å². The number of hydrogen-bond donors (Lipinski definition) is 1. The number of nitrogens with zero attached hydrogens (tertiary/aromatic N) is 3. The van der Waals surface area contributed by atoms with Gasteiger partial charge in [-0.1, -0.05) is 5.16 Å². The van der Waals surface area contributed by atoms with E-state index >= 15 is 0 Å². The third kappa shape index (κ3) is 2.80. The number of hydrogen-bond acceptors (Lipinski definition) is 5. The average Bonchev–Trinajstić information content (AvgIpc) is 3.12. The molecule has 1 fully saturated rings. The number of aromatic nitrogens is 3. The second-order valence-electron chi connectivity index (χ2n) is 5.72. The fourth-order valence-corrected chi connectivity index (χ4v) is 4.10. The van der Waals surface area contributed by atoms with Crippen molar-refractivity contribution in [2.75, 3.05) is 6.54 Å². The molecule has 0 unspecified atom stereocenters. The Kier molecular flexibility index (Phi) is 3.82. The van der Waals surface area contributed by atoms with Crippen molar-refractivity contribution in [3.8, 4) is 0 Å². The summed E-state index contributed by atoms with van der Waals surface area (Å²) >= 11 is 0. The molecule has 3 rings (SSSR count). The van der Waals surface area contributed by atoms with Crippen molar-refractivity contribution in [1.82, 2.24) is 19.4 Å². The van der Waals surface area contributed by atoms with Crippen LogP contribution in [0.15, 0.2) is 15.6 Å². The number of imidazole rings is 1. The fraction of sp³-hybridized carbons (Fsp3) is 0.571. The summed E-state index contributed by atoms with van der Waals surface area (Å²) in [6.45, 7) is 5.55. The van der Waals surface area contributed by atoms with Crippen molar-refractivity contribution in [3.05, 3.63) is 29.2 Å². The van der Waals surface area contributed by atoms with Gasteiger partial charge in [-0.2, -0.15) is 0 Å². The lowest BCUT2D eigenvalue weighted by molar-refractivity contribution is 0.390. The summed E-state index contributed by atoms with van der Waals surface area (Å²) in [4.78, 5) is 4.53. The molecule has 1 N–H and O–H groups in total. The molecule has 22 heavy (non-hydrogen) atoms. The molecule has 120 valence electrons. The van der Waals surface area contributed by atoms with Gasteiger partial charge in [0.2, 0.25) is 10.0 Å². The van der Waals surface area contributed by atoms with Gasteiger partial charge in [-0.3, -0.25) is 0 Å². The van der Waals surface area contributed by atoms with Crippen molar-refractivity contribution in [2.24, 2.45) is 0 Å². The lowest BCUT2D eigenvalue weighted by atomic mass is 10.4. The molecule has 0 atom stereocenters. The van der Waals surface area contributed by atoms with Gasteiger partial charge >= 0.3 is 0 Å². The Morgan fingerprint density at radius 2 is 2.09 bits per heavy atom. The van der Waals surface area contributed by atoms with Gasteiger partial charge < -0.3 is 9.09 Å². The Bertz CT molecular complexity index is 768. The first-order chi connectivity index (χ1) is 10.4. The van der Waals surface area contributed by atoms with Crippen LogP contribution in [0.25, 0.3) is 0 Å². The molecule has 0 amide bonds. The van der Waals surface area contributed by atoms with Crippen LogP contribution >= 0.6 is 0 Å². The van der Waals surface area contributed by atoms with Gasteiger partial charge in [0, 0.05) is 30.9 Å². The molecular formula is C14H20N4O3S. The topological polar surface area (TPSA) is 90.0 Å². The highest BCUT2D eigenvalue weighted by Crippen LogP contribution is 2.36. The van der Waals surface area contributed by atoms with E-state index in [1.54, 1.807) is 13.8 Å². The van der Waals surface area contributed by atoms with Crippen LogP contribution in [0.5, 0.6) is 0 Å². The second kappa shape index (κ2) is 5.51. The molecule has 2 aromatic heterocycles. The lowest BCUT2D eigenvalue weighted by Crippen LogP contribution is -2.27. The summed E-state index contributed by atoms with van der Waals surface area (Å²) in [6, 6.07) is 0.539. The molecule has 0 bridgehead atoms. The molecule has 1 aliphatic rings. The molecule has 7 nitrogen and oxygen atoms in total. The van der Waals surface area contributed by atoms with Crippen LogP contribution in [0.4, 0.5) is 0 Å². The molecule has 2 heterocycles. The van der Waals surface area contributed by atoms with Crippen molar-refractivity contribution in [1.29, 1.82) is 0 Å². The van der Waals surface area contributed by atoms with E-state index in [9.17, 15) is 8.42 Å². The maximum Gasteiger partial charge on any atom is 0.245 e. The van der Waals surface area contributed by atoms with E-state index in [1.807, 2.05) is 13.1 Å². The Labute approximate surface area is 129 Å². The van der Waals surface area contributed by atoms with Gasteiger partial charge in [0.15, 0.2) is 5.76 Å². The zero-order chi connectivity index (χ0) is 15.9. The monoisotopic (exact) mass is 324 g/mol. The minimum atomic E-state index is -3.60. The fourth-order valence-electron chi connectivity index (χ4n) is 2.74. The SMILES string of the molecule is Cc1noc(C)c1S(=O)(=O)NCCc1ncc(C)n1C1CC1. The van der Waals surface area contributed by atoms with Crippen LogP contribution in [0, 0.1) is 20.8 Å². The normalized spacial score (nSPS) is 15.4. The van der Waals surface area contributed by atoms with E-state index in [0.717, 1.165) is 11.5 Å². The van der Waals surface area contributed by atoms with E-state index in [0.29, 0.717) is 30.5 Å². The standard InChI is InChI=1S/C14H20N4O3S/c1-9-8-15-13(18(9)12-4-5-12)6-7-16-22(19,20)14-10(2)17-21-11(14)3/h8,12,16H,4-7H2,1-3H3. The molecule has 2 aromatic rings. The van der Waals surface area contributed by atoms with Crippen LogP contribution in [-0.2, 0) is 16.4 Å². The smallest absolute Gasteiger partial charge is 0.245 e. The third-order valence-electron chi connectivity index (χ3n) is 3.85. The molecular weight excluding hydrogens is 304 g/mol. The average molecular weight is 324 g/mol. The van der Waals surface area contributed by atoms with E-state index in [-0.39, 0.29) is 4.90 Å². The maximum atomic E-state index is 12.3. The Morgan fingerprint density at radius 3 is 2.68 bits per heavy atom. The Hall–Kier alpha value is -1.67. The van der Waals surface area contributed by atoms with Crippen LogP contribution in [-0.4, -0.2) is 29.7 Å². The molecule has 0 aromatic carbocycles. The summed E-state index contributed by atoms with van der Waals surface area (Å²) in [5, 5.41) is 3.69. The summed E-state index contributed by atoms with van der Waals surface area (Å²) in [5.74, 6) is 1.24. The molecule has 1 saturated carbocycles. The highest BCUT2D eigenvalue weighted by Gasteiger charge is 2.28. The predicted molar refractivity (Wildman–Crippen MR) is 80.1 cm³/mol. The molecule has 0 saturated heterocycles. The zero-order valence-corrected chi connectivity index (χ0v) is 13.8. The summed E-state index contributed by atoms with van der Waals surface area (Å²) in [5.41, 5.74) is 1.51. The van der Waals surface area contributed by atoms with E-state index in [4.69, 9.17) is 4.52 Å². The first-order valence-corrected chi connectivity index (χ1v) is 8.83. The van der Waals surface area contributed by atoms with Gasteiger partial charge in [-0.05, 0) is 33.6 Å². The first kappa shape index (κ1) is 15.2. The summed E-state index contributed by atoms with van der Waals surface area (Å²) < 4.78 is 34.4. The number of sulfonamides is 1. The van der Waals surface area contributed by atoms with Crippen molar-refractivity contribution >= 4 is 10.0 Å². The van der Waals surface area contributed by atoms with Gasteiger partial charge in [0.25, 0.3) is 0 Å². The highest BCUT2D eigenvalue weighted by atomic mass is 32.2. The highest BCUT2D eigenvalue weighted by molar-refractivity contribution is 7.89. The minimum absolute atomic E-state index is 0.134. The lowest BCUT2D eigenvalue weighted by Gasteiger charge is -2.09.